The number of rotatable bonds is 4. The lowest BCUT2D eigenvalue weighted by Crippen LogP contribution is -2.36. The average Bonchev–Trinajstić information content (AvgIpc) is 2.62. The summed E-state index contributed by atoms with van der Waals surface area (Å²) in [6.45, 7) is 6.28. The molecular weight excluding hydrogens is 194 g/mol. The van der Waals surface area contributed by atoms with E-state index in [1.165, 1.54) is 0 Å². The fourth-order valence-corrected chi connectivity index (χ4v) is 1.14. The smallest absolute Gasteiger partial charge is 0.222 e. The van der Waals surface area contributed by atoms with E-state index in [0.29, 0.717) is 18.8 Å². The summed E-state index contributed by atoms with van der Waals surface area (Å²) >= 11 is 0. The fraction of sp³-hybridized carbons (Fsp3) is 0.600. The van der Waals surface area contributed by atoms with Crippen molar-refractivity contribution in [1.29, 1.82) is 0 Å². The van der Waals surface area contributed by atoms with Crippen molar-refractivity contribution >= 4 is 11.8 Å². The van der Waals surface area contributed by atoms with Gasteiger partial charge in [-0.1, -0.05) is 25.9 Å². The van der Waals surface area contributed by atoms with Crippen LogP contribution in [0.1, 0.15) is 32.9 Å². The van der Waals surface area contributed by atoms with E-state index in [-0.39, 0.29) is 11.3 Å². The molecular formula is C10H17N3O2. The predicted molar refractivity (Wildman–Crippen MR) is 57.2 cm³/mol. The number of hydrogen-bond donors (Lipinski definition) is 2. The summed E-state index contributed by atoms with van der Waals surface area (Å²) in [5, 5.41) is 6.66. The van der Waals surface area contributed by atoms with Crippen molar-refractivity contribution in [2.45, 2.75) is 32.6 Å². The minimum Gasteiger partial charge on any atom is -0.368 e. The molecule has 0 atom stereocenters. The molecule has 0 aliphatic heterocycles. The zero-order chi connectivity index (χ0) is 11.5. The number of carbonyl (C=O) groups is 1. The van der Waals surface area contributed by atoms with Crippen molar-refractivity contribution in [3.63, 3.8) is 0 Å². The average molecular weight is 211 g/mol. The van der Waals surface area contributed by atoms with Crippen LogP contribution < -0.4 is 11.1 Å². The van der Waals surface area contributed by atoms with Crippen LogP contribution in [0.25, 0.3) is 0 Å². The van der Waals surface area contributed by atoms with Crippen LogP contribution in [0, 0.1) is 0 Å². The molecule has 3 N–H and O–H groups in total. The molecule has 84 valence electrons. The Hall–Kier alpha value is -1.52. The third kappa shape index (κ3) is 2.97. The molecule has 0 aliphatic carbocycles. The lowest BCUT2D eigenvalue weighted by atomic mass is 9.89. The van der Waals surface area contributed by atoms with Crippen LogP contribution in [0.2, 0.25) is 0 Å². The second kappa shape index (κ2) is 4.33. The summed E-state index contributed by atoms with van der Waals surface area (Å²) in [5.41, 5.74) is 5.92. The highest BCUT2D eigenvalue weighted by molar-refractivity contribution is 5.75. The number of carbonyl (C=O) groups excluding carboxylic acids is 1. The van der Waals surface area contributed by atoms with Crippen molar-refractivity contribution in [2.75, 3.05) is 12.3 Å². The molecule has 0 bridgehead atoms. The maximum absolute atomic E-state index is 11.1. The van der Waals surface area contributed by atoms with E-state index < -0.39 is 0 Å². The van der Waals surface area contributed by atoms with Crippen LogP contribution in [0.15, 0.2) is 10.6 Å². The van der Waals surface area contributed by atoms with Crippen molar-refractivity contribution in [1.82, 2.24) is 10.5 Å². The summed E-state index contributed by atoms with van der Waals surface area (Å²) < 4.78 is 4.80. The normalized spacial score (nSPS) is 11.4. The van der Waals surface area contributed by atoms with Crippen LogP contribution in [0.3, 0.4) is 0 Å². The lowest BCUT2D eigenvalue weighted by molar-refractivity contribution is -0.121. The third-order valence-corrected chi connectivity index (χ3v) is 2.27. The first-order chi connectivity index (χ1) is 6.95. The van der Waals surface area contributed by atoms with Gasteiger partial charge in [0.25, 0.3) is 0 Å². The molecule has 0 aliphatic rings. The number of anilines is 1. The highest BCUT2D eigenvalue weighted by Gasteiger charge is 2.25. The molecule has 0 radical (unpaired) electrons. The molecule has 5 heteroatoms. The van der Waals surface area contributed by atoms with Gasteiger partial charge < -0.3 is 15.6 Å². The fourth-order valence-electron chi connectivity index (χ4n) is 1.14. The van der Waals surface area contributed by atoms with Gasteiger partial charge in [-0.05, 0) is 0 Å². The topological polar surface area (TPSA) is 81.2 Å². The molecule has 1 heterocycles. The van der Waals surface area contributed by atoms with Gasteiger partial charge in [-0.15, -0.1) is 0 Å². The minimum absolute atomic E-state index is 0.0274. The van der Waals surface area contributed by atoms with Crippen LogP contribution in [-0.2, 0) is 10.2 Å². The lowest BCUT2D eigenvalue weighted by Gasteiger charge is -2.21. The third-order valence-electron chi connectivity index (χ3n) is 2.27. The number of amides is 1. The van der Waals surface area contributed by atoms with Gasteiger partial charge in [0.15, 0.2) is 0 Å². The van der Waals surface area contributed by atoms with Crippen molar-refractivity contribution in [2.24, 2.45) is 0 Å². The highest BCUT2D eigenvalue weighted by atomic mass is 16.5. The Bertz CT molecular complexity index is 344. The maximum atomic E-state index is 11.1. The molecule has 0 saturated heterocycles. The molecule has 1 amide bonds. The summed E-state index contributed by atoms with van der Waals surface area (Å²) in [6, 6.07) is 1.68. The summed E-state index contributed by atoms with van der Waals surface area (Å²) in [4.78, 5) is 11.1. The van der Waals surface area contributed by atoms with Gasteiger partial charge in [-0.25, -0.2) is 0 Å². The van der Waals surface area contributed by atoms with E-state index in [0.717, 1.165) is 5.69 Å². The second-order valence-corrected chi connectivity index (χ2v) is 4.13. The minimum atomic E-state index is -0.272. The van der Waals surface area contributed by atoms with E-state index in [2.05, 4.69) is 10.5 Å². The predicted octanol–water partition coefficient (Wildman–Crippen LogP) is 1.06. The molecule has 1 aromatic rings. The van der Waals surface area contributed by atoms with Gasteiger partial charge >= 0.3 is 0 Å². The Morgan fingerprint density at radius 1 is 1.67 bits per heavy atom. The number of nitrogen functional groups attached to an aromatic ring is 1. The van der Waals surface area contributed by atoms with Crippen LogP contribution >= 0.6 is 0 Å². The Balaban J connectivity index is 2.63. The molecule has 5 nitrogen and oxygen atoms in total. The highest BCUT2D eigenvalue weighted by Crippen LogP contribution is 2.22. The molecule has 0 saturated carbocycles. The summed E-state index contributed by atoms with van der Waals surface area (Å²) in [6.07, 6.45) is 0.483. The molecule has 15 heavy (non-hydrogen) atoms. The number of nitrogens with zero attached hydrogens (tertiary/aromatic N) is 1. The summed E-state index contributed by atoms with van der Waals surface area (Å²) in [5.74, 6) is 0.319. The zero-order valence-corrected chi connectivity index (χ0v) is 9.33. The van der Waals surface area contributed by atoms with Gasteiger partial charge in [0.1, 0.15) is 0 Å². The quantitative estimate of drug-likeness (QED) is 0.780. The Kier molecular flexibility index (Phi) is 3.34. The van der Waals surface area contributed by atoms with Crippen molar-refractivity contribution in [3.05, 3.63) is 11.8 Å². The van der Waals surface area contributed by atoms with Crippen molar-refractivity contribution < 1.29 is 9.32 Å². The zero-order valence-electron chi connectivity index (χ0n) is 9.33. The Labute approximate surface area is 89.0 Å². The Morgan fingerprint density at radius 3 is 2.80 bits per heavy atom. The first-order valence-corrected chi connectivity index (χ1v) is 4.95. The van der Waals surface area contributed by atoms with E-state index in [1.54, 1.807) is 6.07 Å². The monoisotopic (exact) mass is 211 g/mol. The van der Waals surface area contributed by atoms with Gasteiger partial charge in [0.2, 0.25) is 11.8 Å². The Morgan fingerprint density at radius 2 is 2.33 bits per heavy atom. The second-order valence-electron chi connectivity index (χ2n) is 4.13. The van der Waals surface area contributed by atoms with Gasteiger partial charge in [-0.2, -0.15) is 0 Å². The van der Waals surface area contributed by atoms with Crippen molar-refractivity contribution in [3.8, 4) is 0 Å². The first-order valence-electron chi connectivity index (χ1n) is 4.95. The molecule has 1 rings (SSSR count). The van der Waals surface area contributed by atoms with E-state index in [1.807, 2.05) is 20.8 Å². The number of hydrogen-bond acceptors (Lipinski definition) is 4. The SMILES string of the molecule is CCC(=O)NCC(C)(C)c1cc(N)on1. The molecule has 0 unspecified atom stereocenters. The standard InChI is InChI=1S/C10H17N3O2/c1-4-9(14)12-6-10(2,3)7-5-8(11)15-13-7/h5H,4,6,11H2,1-3H3,(H,12,14). The number of nitrogens with two attached hydrogens (primary N) is 1. The van der Waals surface area contributed by atoms with Crippen LogP contribution in [0.5, 0.6) is 0 Å². The first kappa shape index (κ1) is 11.6. The molecule has 0 aromatic carbocycles. The van der Waals surface area contributed by atoms with Crippen LogP contribution in [0.4, 0.5) is 5.88 Å². The van der Waals surface area contributed by atoms with E-state index in [9.17, 15) is 4.79 Å². The largest absolute Gasteiger partial charge is 0.368 e. The van der Waals surface area contributed by atoms with Crippen LogP contribution in [-0.4, -0.2) is 17.6 Å². The molecule has 1 aromatic heterocycles. The number of aromatic nitrogens is 1. The van der Waals surface area contributed by atoms with E-state index >= 15 is 0 Å². The van der Waals surface area contributed by atoms with Gasteiger partial charge in [0, 0.05) is 24.4 Å². The van der Waals surface area contributed by atoms with Gasteiger partial charge in [0.05, 0.1) is 5.69 Å². The number of nitrogens with one attached hydrogen (secondary N) is 1. The maximum Gasteiger partial charge on any atom is 0.222 e. The molecule has 0 fully saturated rings. The van der Waals surface area contributed by atoms with Gasteiger partial charge in [-0.3, -0.25) is 4.79 Å². The van der Waals surface area contributed by atoms with E-state index in [4.69, 9.17) is 10.3 Å². The summed E-state index contributed by atoms with van der Waals surface area (Å²) in [7, 11) is 0. The molecule has 0 spiro atoms.